The molecule has 1 aromatic carbocycles. The van der Waals surface area contributed by atoms with E-state index in [4.69, 9.17) is 0 Å². The summed E-state index contributed by atoms with van der Waals surface area (Å²) >= 11 is 0. The fraction of sp³-hybridized carbons (Fsp3) is 0.0909. The molecule has 0 spiro atoms. The molecule has 0 aliphatic heterocycles. The minimum atomic E-state index is -0.556. The highest BCUT2D eigenvalue weighted by atomic mass is 19.1. The summed E-state index contributed by atoms with van der Waals surface area (Å²) in [5, 5.41) is 0.581. The van der Waals surface area contributed by atoms with Crippen LogP contribution in [0.5, 0.6) is 0 Å². The third kappa shape index (κ3) is 1.66. The number of hydrogen-bond donors (Lipinski definition) is 0. The predicted molar refractivity (Wildman–Crippen MR) is 53.0 cm³/mol. The maximum absolute atomic E-state index is 13.5. The molecule has 0 amide bonds. The lowest BCUT2D eigenvalue weighted by Gasteiger charge is -2.02. The molecule has 0 bridgehead atoms. The Morgan fingerprint density at radius 2 is 2.27 bits per heavy atom. The molecular weight excluding hydrogens is 197 g/mol. The first kappa shape index (κ1) is 9.58. The fourth-order valence-corrected chi connectivity index (χ4v) is 1.38. The van der Waals surface area contributed by atoms with Crippen molar-refractivity contribution in [1.82, 2.24) is 4.98 Å². The van der Waals surface area contributed by atoms with Crippen molar-refractivity contribution in [2.75, 3.05) is 7.11 Å². The van der Waals surface area contributed by atoms with Gasteiger partial charge in [-0.15, -0.1) is 0 Å². The topological polar surface area (TPSA) is 39.2 Å². The Bertz CT molecular complexity index is 525. The van der Waals surface area contributed by atoms with E-state index in [1.807, 2.05) is 0 Å². The van der Waals surface area contributed by atoms with Gasteiger partial charge in [0.15, 0.2) is 0 Å². The van der Waals surface area contributed by atoms with Crippen molar-refractivity contribution >= 4 is 16.9 Å². The van der Waals surface area contributed by atoms with E-state index in [0.717, 1.165) is 6.07 Å². The number of fused-ring (bicyclic) bond motifs is 1. The Balaban J connectivity index is 2.67. The normalized spacial score (nSPS) is 10.3. The standard InChI is InChI=1S/C11H8FNO2/c1-15-11(14)8-5-7-3-2-4-13-10(7)9(12)6-8/h2-6H,1H3. The van der Waals surface area contributed by atoms with Crippen molar-refractivity contribution in [2.24, 2.45) is 0 Å². The molecule has 0 aliphatic rings. The first-order valence-electron chi connectivity index (χ1n) is 4.35. The van der Waals surface area contributed by atoms with Crippen LogP contribution in [0.4, 0.5) is 4.39 Å². The van der Waals surface area contributed by atoms with Crippen LogP contribution in [-0.2, 0) is 4.74 Å². The largest absolute Gasteiger partial charge is 0.465 e. The number of methoxy groups -OCH3 is 1. The van der Waals surface area contributed by atoms with Crippen LogP contribution in [0.3, 0.4) is 0 Å². The van der Waals surface area contributed by atoms with E-state index in [1.54, 1.807) is 18.2 Å². The molecule has 0 radical (unpaired) electrons. The third-order valence-electron chi connectivity index (χ3n) is 2.08. The number of esters is 1. The summed E-state index contributed by atoms with van der Waals surface area (Å²) in [5.41, 5.74) is 0.445. The monoisotopic (exact) mass is 205 g/mol. The molecule has 0 saturated heterocycles. The zero-order chi connectivity index (χ0) is 10.8. The maximum atomic E-state index is 13.5. The summed E-state index contributed by atoms with van der Waals surface area (Å²) in [7, 11) is 1.26. The summed E-state index contributed by atoms with van der Waals surface area (Å²) in [5.74, 6) is -1.08. The van der Waals surface area contributed by atoms with Crippen molar-refractivity contribution < 1.29 is 13.9 Å². The lowest BCUT2D eigenvalue weighted by Crippen LogP contribution is -2.02. The summed E-state index contributed by atoms with van der Waals surface area (Å²) in [6.45, 7) is 0. The zero-order valence-electron chi connectivity index (χ0n) is 8.03. The van der Waals surface area contributed by atoms with Crippen molar-refractivity contribution in [3.63, 3.8) is 0 Å². The number of hydrogen-bond acceptors (Lipinski definition) is 3. The molecule has 2 rings (SSSR count). The molecule has 0 saturated carbocycles. The lowest BCUT2D eigenvalue weighted by atomic mass is 10.1. The number of pyridine rings is 1. The van der Waals surface area contributed by atoms with Gasteiger partial charge in [0.25, 0.3) is 0 Å². The van der Waals surface area contributed by atoms with E-state index in [0.29, 0.717) is 5.39 Å². The van der Waals surface area contributed by atoms with Gasteiger partial charge in [0.05, 0.1) is 12.7 Å². The molecule has 0 fully saturated rings. The van der Waals surface area contributed by atoms with Crippen LogP contribution in [0, 0.1) is 5.82 Å². The number of halogens is 1. The smallest absolute Gasteiger partial charge is 0.337 e. The van der Waals surface area contributed by atoms with Crippen LogP contribution in [0.1, 0.15) is 10.4 Å². The number of carbonyl (C=O) groups excluding carboxylic acids is 1. The van der Waals surface area contributed by atoms with E-state index in [2.05, 4.69) is 9.72 Å². The average Bonchev–Trinajstić information content (AvgIpc) is 2.28. The van der Waals surface area contributed by atoms with E-state index >= 15 is 0 Å². The molecule has 3 nitrogen and oxygen atoms in total. The quantitative estimate of drug-likeness (QED) is 0.669. The SMILES string of the molecule is COC(=O)c1cc(F)c2ncccc2c1. The van der Waals surface area contributed by atoms with Gasteiger partial charge in [-0.2, -0.15) is 0 Å². The van der Waals surface area contributed by atoms with E-state index in [-0.39, 0.29) is 11.1 Å². The molecular formula is C11H8FNO2. The predicted octanol–water partition coefficient (Wildman–Crippen LogP) is 2.16. The summed E-state index contributed by atoms with van der Waals surface area (Å²) < 4.78 is 18.0. The molecule has 0 aliphatic carbocycles. The number of rotatable bonds is 1. The molecule has 4 heteroatoms. The molecule has 0 N–H and O–H groups in total. The van der Waals surface area contributed by atoms with Crippen molar-refractivity contribution in [3.05, 3.63) is 41.8 Å². The number of nitrogens with zero attached hydrogens (tertiary/aromatic N) is 1. The van der Waals surface area contributed by atoms with Crippen LogP contribution in [0.25, 0.3) is 10.9 Å². The second-order valence-electron chi connectivity index (χ2n) is 3.02. The number of aromatic nitrogens is 1. The van der Waals surface area contributed by atoms with Gasteiger partial charge in [0, 0.05) is 11.6 Å². The van der Waals surface area contributed by atoms with Crippen LogP contribution >= 0.6 is 0 Å². The first-order chi connectivity index (χ1) is 7.22. The molecule has 76 valence electrons. The minimum absolute atomic E-state index is 0.190. The Labute approximate surface area is 85.5 Å². The Morgan fingerprint density at radius 3 is 3.00 bits per heavy atom. The van der Waals surface area contributed by atoms with Gasteiger partial charge in [-0.25, -0.2) is 9.18 Å². The van der Waals surface area contributed by atoms with Gasteiger partial charge < -0.3 is 4.74 Å². The minimum Gasteiger partial charge on any atom is -0.465 e. The first-order valence-corrected chi connectivity index (χ1v) is 4.35. The van der Waals surface area contributed by atoms with Crippen molar-refractivity contribution in [3.8, 4) is 0 Å². The van der Waals surface area contributed by atoms with E-state index in [9.17, 15) is 9.18 Å². The highest BCUT2D eigenvalue weighted by Crippen LogP contribution is 2.17. The van der Waals surface area contributed by atoms with Crippen LogP contribution < -0.4 is 0 Å². The summed E-state index contributed by atoms with van der Waals surface area (Å²) in [6, 6.07) is 6.05. The Hall–Kier alpha value is -1.97. The molecule has 2 aromatic rings. The van der Waals surface area contributed by atoms with E-state index in [1.165, 1.54) is 13.3 Å². The maximum Gasteiger partial charge on any atom is 0.337 e. The van der Waals surface area contributed by atoms with Crippen molar-refractivity contribution in [1.29, 1.82) is 0 Å². The molecule has 0 atom stereocenters. The summed E-state index contributed by atoms with van der Waals surface area (Å²) in [4.78, 5) is 15.1. The van der Waals surface area contributed by atoms with Crippen LogP contribution in [0.15, 0.2) is 30.5 Å². The second kappa shape index (κ2) is 3.65. The summed E-state index contributed by atoms with van der Waals surface area (Å²) in [6.07, 6.45) is 1.50. The zero-order valence-corrected chi connectivity index (χ0v) is 8.03. The average molecular weight is 205 g/mol. The van der Waals surface area contributed by atoms with Gasteiger partial charge in [0.2, 0.25) is 0 Å². The van der Waals surface area contributed by atoms with Crippen LogP contribution in [0.2, 0.25) is 0 Å². The fourth-order valence-electron chi connectivity index (χ4n) is 1.38. The molecule has 15 heavy (non-hydrogen) atoms. The molecule has 1 heterocycles. The molecule has 0 unspecified atom stereocenters. The number of benzene rings is 1. The third-order valence-corrected chi connectivity index (χ3v) is 2.08. The van der Waals surface area contributed by atoms with Gasteiger partial charge in [0.1, 0.15) is 11.3 Å². The lowest BCUT2D eigenvalue weighted by molar-refractivity contribution is 0.0600. The second-order valence-corrected chi connectivity index (χ2v) is 3.02. The molecule has 1 aromatic heterocycles. The van der Waals surface area contributed by atoms with Crippen LogP contribution in [-0.4, -0.2) is 18.1 Å². The Kier molecular flexibility index (Phi) is 2.33. The van der Waals surface area contributed by atoms with Gasteiger partial charge >= 0.3 is 5.97 Å². The van der Waals surface area contributed by atoms with Gasteiger partial charge in [-0.1, -0.05) is 6.07 Å². The highest BCUT2D eigenvalue weighted by molar-refractivity contribution is 5.94. The van der Waals surface area contributed by atoms with Gasteiger partial charge in [-0.3, -0.25) is 4.98 Å². The van der Waals surface area contributed by atoms with Crippen molar-refractivity contribution in [2.45, 2.75) is 0 Å². The number of ether oxygens (including phenoxy) is 1. The Morgan fingerprint density at radius 1 is 1.47 bits per heavy atom. The number of carbonyl (C=O) groups is 1. The highest BCUT2D eigenvalue weighted by Gasteiger charge is 2.10. The van der Waals surface area contributed by atoms with E-state index < -0.39 is 11.8 Å². The van der Waals surface area contributed by atoms with Gasteiger partial charge in [-0.05, 0) is 18.2 Å².